The molecule has 6 nitrogen and oxygen atoms in total. The number of carbonyl (C=O) groups excluding carboxylic acids is 2. The molecule has 0 N–H and O–H groups in total. The van der Waals surface area contributed by atoms with Crippen LogP contribution in [0.25, 0.3) is 0 Å². The second kappa shape index (κ2) is 7.98. The van der Waals surface area contributed by atoms with E-state index >= 15 is 0 Å². The molecule has 3 aliphatic rings. The monoisotopic (exact) mass is 400 g/mol. The highest BCUT2D eigenvalue weighted by atomic mass is 16.6. The molecule has 0 bridgehead atoms. The maximum absolute atomic E-state index is 12.7. The number of aryl methyl sites for hydroxylation is 1. The highest BCUT2D eigenvalue weighted by molar-refractivity contribution is 5.96. The number of hydrogen-bond acceptors (Lipinski definition) is 4. The smallest absolute Gasteiger partial charge is 0.410 e. The lowest BCUT2D eigenvalue weighted by atomic mass is 9.93. The Morgan fingerprint density at radius 2 is 1.83 bits per heavy atom. The number of nitrogens with zero attached hydrogens (tertiary/aromatic N) is 2. The van der Waals surface area contributed by atoms with Gasteiger partial charge in [-0.2, -0.15) is 0 Å². The highest BCUT2D eigenvalue weighted by Gasteiger charge is 2.30. The number of hydrogen-bond donors (Lipinski definition) is 0. The Morgan fingerprint density at radius 3 is 2.48 bits per heavy atom. The van der Waals surface area contributed by atoms with Gasteiger partial charge in [-0.05, 0) is 75.6 Å². The quantitative estimate of drug-likeness (QED) is 0.763. The van der Waals surface area contributed by atoms with Crippen molar-refractivity contribution in [2.24, 2.45) is 0 Å². The number of ether oxygens (including phenoxy) is 2. The Hall–Kier alpha value is -2.08. The molecule has 0 aliphatic carbocycles. The molecular formula is C23H32N2O4. The maximum Gasteiger partial charge on any atom is 0.410 e. The lowest BCUT2D eigenvalue weighted by molar-refractivity contribution is -0.119. The summed E-state index contributed by atoms with van der Waals surface area (Å²) in [4.78, 5) is 28.9. The molecule has 1 atom stereocenters. The van der Waals surface area contributed by atoms with Crippen molar-refractivity contribution < 1.29 is 19.1 Å². The van der Waals surface area contributed by atoms with Crippen LogP contribution in [0, 0.1) is 0 Å². The van der Waals surface area contributed by atoms with Crippen molar-refractivity contribution in [2.75, 3.05) is 31.1 Å². The van der Waals surface area contributed by atoms with Gasteiger partial charge in [0.05, 0.1) is 12.6 Å². The molecule has 1 fully saturated rings. The predicted octanol–water partition coefficient (Wildman–Crippen LogP) is 3.48. The lowest BCUT2D eigenvalue weighted by Crippen LogP contribution is -2.40. The Balaban J connectivity index is 1.53. The van der Waals surface area contributed by atoms with Crippen LogP contribution in [0.1, 0.15) is 56.7 Å². The van der Waals surface area contributed by atoms with Crippen LogP contribution in [0.5, 0.6) is 0 Å². The zero-order valence-corrected chi connectivity index (χ0v) is 17.8. The van der Waals surface area contributed by atoms with Gasteiger partial charge in [0.15, 0.2) is 0 Å². The minimum atomic E-state index is -0.488. The molecule has 1 saturated heterocycles. The average Bonchev–Trinajstić information content (AvgIpc) is 3.07. The fourth-order valence-corrected chi connectivity index (χ4v) is 4.48. The minimum absolute atomic E-state index is 0.145. The van der Waals surface area contributed by atoms with Crippen molar-refractivity contribution in [1.82, 2.24) is 4.90 Å². The van der Waals surface area contributed by atoms with Crippen LogP contribution < -0.4 is 4.90 Å². The van der Waals surface area contributed by atoms with Crippen LogP contribution in [0.4, 0.5) is 10.5 Å². The van der Waals surface area contributed by atoms with Gasteiger partial charge in [0, 0.05) is 31.8 Å². The molecule has 3 aliphatic heterocycles. The van der Waals surface area contributed by atoms with Gasteiger partial charge in [-0.25, -0.2) is 4.79 Å². The molecule has 0 spiro atoms. The van der Waals surface area contributed by atoms with Crippen molar-refractivity contribution in [3.63, 3.8) is 0 Å². The molecule has 0 unspecified atom stereocenters. The second-order valence-corrected chi connectivity index (χ2v) is 9.36. The maximum atomic E-state index is 12.7. The van der Waals surface area contributed by atoms with E-state index in [-0.39, 0.29) is 18.1 Å². The molecule has 29 heavy (non-hydrogen) atoms. The Labute approximate surface area is 173 Å². The second-order valence-electron chi connectivity index (χ2n) is 9.36. The van der Waals surface area contributed by atoms with Crippen LogP contribution in [-0.4, -0.2) is 54.8 Å². The molecule has 0 saturated carbocycles. The molecule has 0 aromatic heterocycles. The molecule has 158 valence electrons. The number of benzene rings is 1. The van der Waals surface area contributed by atoms with Crippen molar-refractivity contribution >= 4 is 17.7 Å². The van der Waals surface area contributed by atoms with Crippen LogP contribution >= 0.6 is 0 Å². The molecule has 1 aromatic rings. The highest BCUT2D eigenvalue weighted by Crippen LogP contribution is 2.33. The van der Waals surface area contributed by atoms with Gasteiger partial charge in [-0.1, -0.05) is 6.07 Å². The number of amides is 2. The molecule has 4 rings (SSSR count). The van der Waals surface area contributed by atoms with E-state index in [4.69, 9.17) is 9.47 Å². The van der Waals surface area contributed by atoms with Crippen LogP contribution in [0.3, 0.4) is 0 Å². The average molecular weight is 401 g/mol. The van der Waals surface area contributed by atoms with Gasteiger partial charge >= 0.3 is 6.09 Å². The molecular weight excluding hydrogens is 368 g/mol. The summed E-state index contributed by atoms with van der Waals surface area (Å²) in [5, 5.41) is 0. The Kier molecular flexibility index (Phi) is 5.56. The fourth-order valence-electron chi connectivity index (χ4n) is 4.48. The van der Waals surface area contributed by atoms with Crippen LogP contribution in [0.15, 0.2) is 12.1 Å². The van der Waals surface area contributed by atoms with Gasteiger partial charge in [0.2, 0.25) is 5.91 Å². The third-order valence-electron chi connectivity index (χ3n) is 5.96. The summed E-state index contributed by atoms with van der Waals surface area (Å²) in [6.07, 6.45) is 4.95. The van der Waals surface area contributed by atoms with E-state index in [1.807, 2.05) is 25.7 Å². The summed E-state index contributed by atoms with van der Waals surface area (Å²) in [6.45, 7) is 8.43. The fraction of sp³-hybridized carbons (Fsp3) is 0.652. The topological polar surface area (TPSA) is 59.1 Å². The Bertz CT molecular complexity index is 793. The third kappa shape index (κ3) is 4.58. The molecule has 0 radical (unpaired) electrons. The lowest BCUT2D eigenvalue weighted by Gasteiger charge is -2.32. The van der Waals surface area contributed by atoms with E-state index < -0.39 is 5.60 Å². The first-order chi connectivity index (χ1) is 13.8. The summed E-state index contributed by atoms with van der Waals surface area (Å²) in [5.41, 5.74) is 4.33. The summed E-state index contributed by atoms with van der Waals surface area (Å²) in [6, 6.07) is 4.45. The molecule has 2 amide bonds. The van der Waals surface area contributed by atoms with Gasteiger partial charge in [-0.15, -0.1) is 0 Å². The molecule has 6 heteroatoms. The van der Waals surface area contributed by atoms with Gasteiger partial charge in [0.1, 0.15) is 5.60 Å². The van der Waals surface area contributed by atoms with Gasteiger partial charge < -0.3 is 19.3 Å². The first-order valence-corrected chi connectivity index (χ1v) is 10.8. The summed E-state index contributed by atoms with van der Waals surface area (Å²) in [5.74, 6) is 0.192. The predicted molar refractivity (Wildman–Crippen MR) is 111 cm³/mol. The first-order valence-electron chi connectivity index (χ1n) is 10.8. The number of fused-ring (bicyclic) bond motifs is 2. The van der Waals surface area contributed by atoms with Crippen LogP contribution in [0.2, 0.25) is 0 Å². The van der Waals surface area contributed by atoms with Gasteiger partial charge in [-0.3, -0.25) is 4.79 Å². The van der Waals surface area contributed by atoms with Gasteiger partial charge in [0.25, 0.3) is 0 Å². The first kappa shape index (κ1) is 20.2. The van der Waals surface area contributed by atoms with E-state index in [0.717, 1.165) is 44.4 Å². The van der Waals surface area contributed by atoms with Crippen molar-refractivity contribution in [3.8, 4) is 0 Å². The van der Waals surface area contributed by atoms with Crippen molar-refractivity contribution in [1.29, 1.82) is 0 Å². The standard InChI is InChI=1S/C23H32N2O4/c1-23(2,3)29-22(27)24-10-8-16-13-18-6-7-21(26)25(15-19-5-4-12-28-19)20(18)14-17(16)9-11-24/h13-14,19H,4-12,15H2,1-3H3/t19-/m0/s1. The Morgan fingerprint density at radius 1 is 1.10 bits per heavy atom. The largest absolute Gasteiger partial charge is 0.444 e. The summed E-state index contributed by atoms with van der Waals surface area (Å²) >= 11 is 0. The number of rotatable bonds is 2. The zero-order valence-electron chi connectivity index (χ0n) is 17.8. The molecule has 3 heterocycles. The minimum Gasteiger partial charge on any atom is -0.444 e. The number of carbonyl (C=O) groups is 2. The van der Waals surface area contributed by atoms with E-state index in [1.54, 1.807) is 4.90 Å². The zero-order chi connectivity index (χ0) is 20.6. The van der Waals surface area contributed by atoms with Crippen molar-refractivity contribution in [2.45, 2.75) is 71.0 Å². The van der Waals surface area contributed by atoms with Crippen LogP contribution in [-0.2, 0) is 33.5 Å². The molecule has 1 aromatic carbocycles. The van der Waals surface area contributed by atoms with E-state index in [0.29, 0.717) is 26.1 Å². The van der Waals surface area contributed by atoms with E-state index in [1.165, 1.54) is 16.7 Å². The van der Waals surface area contributed by atoms with E-state index in [9.17, 15) is 9.59 Å². The van der Waals surface area contributed by atoms with Crippen molar-refractivity contribution in [3.05, 3.63) is 28.8 Å². The SMILES string of the molecule is CC(C)(C)OC(=O)N1CCc2cc3c(cc2CC1)N(C[C@@H]1CCCO1)C(=O)CC3. The van der Waals surface area contributed by atoms with E-state index in [2.05, 4.69) is 12.1 Å². The summed E-state index contributed by atoms with van der Waals surface area (Å²) in [7, 11) is 0. The third-order valence-corrected chi connectivity index (χ3v) is 5.96. The number of anilines is 1. The summed E-state index contributed by atoms with van der Waals surface area (Å²) < 4.78 is 11.3. The normalized spacial score (nSPS) is 22.2.